The van der Waals surface area contributed by atoms with Crippen LogP contribution in [0.1, 0.15) is 16.1 Å². The number of aromatic nitrogens is 2. The van der Waals surface area contributed by atoms with E-state index in [1.54, 1.807) is 24.5 Å². The molecule has 29 heavy (non-hydrogen) atoms. The van der Waals surface area contributed by atoms with Crippen LogP contribution in [0.3, 0.4) is 0 Å². The number of aliphatic hydroxyl groups excluding tert-OH is 2. The molecular formula is C17H21N5O6S. The predicted molar refractivity (Wildman–Crippen MR) is 101 cm³/mol. The fourth-order valence-corrected chi connectivity index (χ4v) is 2.71. The molecule has 1 amide bonds. The highest BCUT2D eigenvalue weighted by molar-refractivity contribution is 7.92. The van der Waals surface area contributed by atoms with Crippen LogP contribution >= 0.6 is 0 Å². The van der Waals surface area contributed by atoms with Crippen molar-refractivity contribution in [3.63, 3.8) is 0 Å². The topological polar surface area (TPSA) is 170 Å². The van der Waals surface area contributed by atoms with Gasteiger partial charge in [0.15, 0.2) is 5.69 Å². The van der Waals surface area contributed by atoms with E-state index in [-0.39, 0.29) is 24.7 Å². The molecule has 0 aromatic carbocycles. The molecule has 11 nitrogen and oxygen atoms in total. The first-order valence-corrected chi connectivity index (χ1v) is 10.3. The summed E-state index contributed by atoms with van der Waals surface area (Å²) in [4.78, 5) is 19.8. The number of hydrogen-bond acceptors (Lipinski definition) is 9. The number of oxazole rings is 1. The zero-order valence-electron chi connectivity index (χ0n) is 15.8. The minimum Gasteiger partial charge on any atom is -0.430 e. The van der Waals surface area contributed by atoms with Crippen molar-refractivity contribution >= 4 is 21.9 Å². The molecule has 2 aromatic rings. The lowest BCUT2D eigenvalue weighted by atomic mass is 9.92. The summed E-state index contributed by atoms with van der Waals surface area (Å²) >= 11 is 0. The Kier molecular flexibility index (Phi) is 7.27. The summed E-state index contributed by atoms with van der Waals surface area (Å²) in [6.07, 6.45) is 2.42. The van der Waals surface area contributed by atoms with E-state index < -0.39 is 34.1 Å². The SMILES string of the molecule is CN(c1nc(C(=O)NCC(O)C(O)C(C#N)Cc2ccncc2)co1)S(C)(=O)=O. The molecule has 2 aromatic heterocycles. The Morgan fingerprint density at radius 1 is 1.38 bits per heavy atom. The van der Waals surface area contributed by atoms with Gasteiger partial charge < -0.3 is 19.9 Å². The third-order valence-corrected chi connectivity index (χ3v) is 5.29. The van der Waals surface area contributed by atoms with Crippen molar-refractivity contribution in [3.8, 4) is 6.07 Å². The van der Waals surface area contributed by atoms with E-state index >= 15 is 0 Å². The molecule has 3 N–H and O–H groups in total. The van der Waals surface area contributed by atoms with Crippen LogP contribution in [0, 0.1) is 17.2 Å². The van der Waals surface area contributed by atoms with Crippen LogP contribution in [0.15, 0.2) is 35.2 Å². The molecule has 156 valence electrons. The van der Waals surface area contributed by atoms with E-state index in [1.165, 1.54) is 7.05 Å². The van der Waals surface area contributed by atoms with Gasteiger partial charge in [-0.2, -0.15) is 10.2 Å². The zero-order valence-corrected chi connectivity index (χ0v) is 16.6. The van der Waals surface area contributed by atoms with Crippen molar-refractivity contribution in [1.82, 2.24) is 15.3 Å². The van der Waals surface area contributed by atoms with Crippen LogP contribution in [0.4, 0.5) is 6.01 Å². The first kappa shape index (κ1) is 22.3. The van der Waals surface area contributed by atoms with Crippen LogP contribution in [0.5, 0.6) is 0 Å². The Hall–Kier alpha value is -3.01. The first-order valence-electron chi connectivity index (χ1n) is 8.45. The van der Waals surface area contributed by atoms with Crippen LogP contribution < -0.4 is 9.62 Å². The van der Waals surface area contributed by atoms with Gasteiger partial charge in [0, 0.05) is 26.0 Å². The maximum absolute atomic E-state index is 12.1. The third kappa shape index (κ3) is 5.98. The van der Waals surface area contributed by atoms with Gasteiger partial charge in [0.2, 0.25) is 10.0 Å². The van der Waals surface area contributed by atoms with Crippen LogP contribution in [0.2, 0.25) is 0 Å². The summed E-state index contributed by atoms with van der Waals surface area (Å²) < 4.78 is 28.6. The number of aliphatic hydroxyl groups is 2. The van der Waals surface area contributed by atoms with E-state index in [2.05, 4.69) is 15.3 Å². The normalized spacial score (nSPS) is 14.4. The van der Waals surface area contributed by atoms with Crippen molar-refractivity contribution in [3.05, 3.63) is 42.0 Å². The minimum absolute atomic E-state index is 0.203. The van der Waals surface area contributed by atoms with Gasteiger partial charge in [-0.1, -0.05) is 0 Å². The maximum atomic E-state index is 12.1. The number of amides is 1. The van der Waals surface area contributed by atoms with E-state index in [4.69, 9.17) is 4.42 Å². The van der Waals surface area contributed by atoms with Gasteiger partial charge >= 0.3 is 6.01 Å². The highest BCUT2D eigenvalue weighted by Gasteiger charge is 2.27. The smallest absolute Gasteiger partial charge is 0.311 e. The van der Waals surface area contributed by atoms with Crippen LogP contribution in [-0.4, -0.2) is 66.6 Å². The number of carbonyl (C=O) groups is 1. The molecule has 3 unspecified atom stereocenters. The lowest BCUT2D eigenvalue weighted by Gasteiger charge is -2.22. The van der Waals surface area contributed by atoms with E-state index in [1.807, 2.05) is 6.07 Å². The summed E-state index contributed by atoms with van der Waals surface area (Å²) in [5.74, 6) is -1.64. The molecule has 0 aliphatic heterocycles. The van der Waals surface area contributed by atoms with E-state index in [0.29, 0.717) is 0 Å². The Labute approximate surface area is 167 Å². The van der Waals surface area contributed by atoms with Gasteiger partial charge in [0.25, 0.3) is 5.91 Å². The molecule has 0 saturated heterocycles. The highest BCUT2D eigenvalue weighted by Crippen LogP contribution is 2.16. The molecule has 2 rings (SSSR count). The highest BCUT2D eigenvalue weighted by atomic mass is 32.2. The maximum Gasteiger partial charge on any atom is 0.311 e. The quantitative estimate of drug-likeness (QED) is 0.472. The third-order valence-electron chi connectivity index (χ3n) is 4.14. The lowest BCUT2D eigenvalue weighted by Crippen LogP contribution is -2.42. The number of hydrogen-bond donors (Lipinski definition) is 3. The summed E-state index contributed by atoms with van der Waals surface area (Å²) in [6.45, 7) is -0.349. The summed E-state index contributed by atoms with van der Waals surface area (Å²) in [7, 11) is -2.39. The average molecular weight is 423 g/mol. The minimum atomic E-state index is -3.61. The number of pyridine rings is 1. The van der Waals surface area contributed by atoms with Crippen molar-refractivity contribution in [1.29, 1.82) is 5.26 Å². The molecule has 0 fully saturated rings. The van der Waals surface area contributed by atoms with Gasteiger partial charge in [-0.15, -0.1) is 0 Å². The monoisotopic (exact) mass is 423 g/mol. The molecular weight excluding hydrogens is 402 g/mol. The molecule has 0 aliphatic carbocycles. The van der Waals surface area contributed by atoms with Crippen molar-refractivity contribution in [2.24, 2.45) is 5.92 Å². The first-order chi connectivity index (χ1) is 13.6. The molecule has 0 saturated carbocycles. The van der Waals surface area contributed by atoms with Gasteiger partial charge in [0.05, 0.1) is 30.5 Å². The average Bonchev–Trinajstić information content (AvgIpc) is 3.19. The second-order valence-electron chi connectivity index (χ2n) is 6.31. The summed E-state index contributed by atoms with van der Waals surface area (Å²) in [5, 5.41) is 32.0. The molecule has 12 heteroatoms. The van der Waals surface area contributed by atoms with Gasteiger partial charge in [-0.05, 0) is 24.1 Å². The Balaban J connectivity index is 1.94. The van der Waals surface area contributed by atoms with Crippen LogP contribution in [-0.2, 0) is 16.4 Å². The Morgan fingerprint density at radius 2 is 2.03 bits per heavy atom. The van der Waals surface area contributed by atoms with E-state index in [0.717, 1.165) is 22.4 Å². The molecule has 0 aliphatic rings. The molecule has 2 heterocycles. The van der Waals surface area contributed by atoms with Gasteiger partial charge in [-0.25, -0.2) is 12.7 Å². The number of rotatable bonds is 9. The standard InChI is InChI=1S/C17H21N5O6S/c1-22(29(2,26)27)17-21-13(10-28-17)16(25)20-9-14(23)15(24)12(8-18)7-11-3-5-19-6-4-11/h3-6,10,12,14-15,23-24H,7,9H2,1-2H3,(H,20,25). The number of nitrogens with one attached hydrogen (secondary N) is 1. The van der Waals surface area contributed by atoms with Gasteiger partial charge in [-0.3, -0.25) is 9.78 Å². The van der Waals surface area contributed by atoms with E-state index in [9.17, 15) is 28.7 Å². The number of nitrogens with zero attached hydrogens (tertiary/aromatic N) is 4. The van der Waals surface area contributed by atoms with Crippen molar-refractivity contribution in [2.75, 3.05) is 24.2 Å². The second-order valence-corrected chi connectivity index (χ2v) is 8.32. The number of nitriles is 1. The Morgan fingerprint density at radius 3 is 2.62 bits per heavy atom. The van der Waals surface area contributed by atoms with Crippen molar-refractivity contribution in [2.45, 2.75) is 18.6 Å². The van der Waals surface area contributed by atoms with Gasteiger partial charge in [0.1, 0.15) is 6.26 Å². The molecule has 0 radical (unpaired) electrons. The number of anilines is 1. The Bertz CT molecular complexity index is 972. The van der Waals surface area contributed by atoms with Crippen LogP contribution in [0.25, 0.3) is 0 Å². The number of carbonyl (C=O) groups excluding carboxylic acids is 1. The summed E-state index contributed by atoms with van der Waals surface area (Å²) in [5.41, 5.74) is 0.567. The fourth-order valence-electron chi connectivity index (χ4n) is 2.35. The van der Waals surface area contributed by atoms with Crippen molar-refractivity contribution < 1.29 is 27.8 Å². The number of sulfonamides is 1. The molecule has 0 bridgehead atoms. The summed E-state index contributed by atoms with van der Waals surface area (Å²) in [6, 6.07) is 5.05. The fraction of sp³-hybridized carbons (Fsp3) is 0.412. The second kappa shape index (κ2) is 9.46. The predicted octanol–water partition coefficient (Wildman–Crippen LogP) is -0.701. The largest absolute Gasteiger partial charge is 0.430 e. The molecule has 0 spiro atoms. The molecule has 3 atom stereocenters. The lowest BCUT2D eigenvalue weighted by molar-refractivity contribution is -0.00204. The zero-order chi connectivity index (χ0) is 21.6.